The number of nitrogens with zero attached hydrogens (tertiary/aromatic N) is 2. The van der Waals surface area contributed by atoms with Gasteiger partial charge >= 0.3 is 0 Å². The molecule has 1 aliphatic rings. The predicted molar refractivity (Wildman–Crippen MR) is 74.1 cm³/mol. The summed E-state index contributed by atoms with van der Waals surface area (Å²) in [4.78, 5) is 12.6. The zero-order valence-electron chi connectivity index (χ0n) is 12.2. The second-order valence-corrected chi connectivity index (χ2v) is 5.34. The fourth-order valence-corrected chi connectivity index (χ4v) is 2.96. The molecule has 4 heteroatoms. The molecule has 0 saturated heterocycles. The molecule has 2 rings (SSSR count). The van der Waals surface area contributed by atoms with E-state index in [4.69, 9.17) is 4.74 Å². The van der Waals surface area contributed by atoms with Crippen LogP contribution in [0.4, 0.5) is 0 Å². The predicted octanol–water partition coefficient (Wildman–Crippen LogP) is 2.44. The average molecular weight is 264 g/mol. The zero-order valence-corrected chi connectivity index (χ0v) is 12.2. The number of rotatable bonds is 6. The molecule has 1 aliphatic carbocycles. The van der Waals surface area contributed by atoms with Gasteiger partial charge in [0.05, 0.1) is 12.1 Å². The number of hydrogen-bond donors (Lipinski definition) is 0. The summed E-state index contributed by atoms with van der Waals surface area (Å²) in [6.45, 7) is 4.65. The van der Waals surface area contributed by atoms with Crippen molar-refractivity contribution in [3.05, 3.63) is 17.5 Å². The van der Waals surface area contributed by atoms with Crippen molar-refractivity contribution in [3.63, 3.8) is 0 Å². The van der Waals surface area contributed by atoms with Gasteiger partial charge in [0.2, 0.25) is 0 Å². The van der Waals surface area contributed by atoms with Crippen LogP contribution in [-0.4, -0.2) is 27.8 Å². The third-order valence-electron chi connectivity index (χ3n) is 4.07. The number of hydrogen-bond acceptors (Lipinski definition) is 3. The van der Waals surface area contributed by atoms with Crippen molar-refractivity contribution in [2.24, 2.45) is 7.05 Å². The van der Waals surface area contributed by atoms with Crippen molar-refractivity contribution in [1.82, 2.24) is 9.78 Å². The van der Waals surface area contributed by atoms with E-state index in [-0.39, 0.29) is 5.78 Å². The van der Waals surface area contributed by atoms with E-state index in [0.717, 1.165) is 43.5 Å². The van der Waals surface area contributed by atoms with Crippen LogP contribution in [-0.2, 0) is 29.4 Å². The van der Waals surface area contributed by atoms with E-state index >= 15 is 0 Å². The van der Waals surface area contributed by atoms with Gasteiger partial charge in [-0.05, 0) is 45.1 Å². The van der Waals surface area contributed by atoms with Crippen LogP contribution in [0.15, 0.2) is 6.07 Å². The van der Waals surface area contributed by atoms with E-state index in [9.17, 15) is 4.79 Å². The summed E-state index contributed by atoms with van der Waals surface area (Å²) < 4.78 is 7.64. The molecule has 1 saturated carbocycles. The number of ether oxygens (including phenoxy) is 1. The largest absolute Gasteiger partial charge is 0.367 e. The summed E-state index contributed by atoms with van der Waals surface area (Å²) in [7, 11) is 1.91. The van der Waals surface area contributed by atoms with Crippen LogP contribution in [0, 0.1) is 0 Å². The summed E-state index contributed by atoms with van der Waals surface area (Å²) in [6, 6.07) is 2.03. The Morgan fingerprint density at radius 1 is 1.42 bits per heavy atom. The van der Waals surface area contributed by atoms with Crippen LogP contribution in [0.2, 0.25) is 0 Å². The molecule has 1 fully saturated rings. The summed E-state index contributed by atoms with van der Waals surface area (Å²) in [6.07, 6.45) is 5.27. The molecule has 0 atom stereocenters. The SMILES string of the molecule is CCOC1(C(=O)Cc2cc(CC)nn2C)CCCC1. The van der Waals surface area contributed by atoms with Crippen LogP contribution < -0.4 is 0 Å². The molecule has 0 N–H and O–H groups in total. The summed E-state index contributed by atoms with van der Waals surface area (Å²) in [5, 5.41) is 4.40. The Bertz CT molecular complexity index is 445. The Labute approximate surface area is 115 Å². The van der Waals surface area contributed by atoms with E-state index < -0.39 is 5.60 Å². The van der Waals surface area contributed by atoms with Gasteiger partial charge in [-0.3, -0.25) is 9.48 Å². The number of aryl methyl sites for hydroxylation is 2. The fraction of sp³-hybridized carbons (Fsp3) is 0.733. The quantitative estimate of drug-likeness (QED) is 0.792. The van der Waals surface area contributed by atoms with Gasteiger partial charge in [-0.25, -0.2) is 0 Å². The monoisotopic (exact) mass is 264 g/mol. The lowest BCUT2D eigenvalue weighted by atomic mass is 9.93. The minimum atomic E-state index is -0.522. The second-order valence-electron chi connectivity index (χ2n) is 5.34. The molecule has 0 spiro atoms. The first-order valence-electron chi connectivity index (χ1n) is 7.30. The van der Waals surface area contributed by atoms with E-state index in [0.29, 0.717) is 13.0 Å². The summed E-state index contributed by atoms with van der Waals surface area (Å²) in [5.74, 6) is 0.220. The van der Waals surface area contributed by atoms with Gasteiger partial charge in [-0.1, -0.05) is 6.92 Å². The number of carbonyl (C=O) groups is 1. The first-order chi connectivity index (χ1) is 9.11. The van der Waals surface area contributed by atoms with Crippen molar-refractivity contribution in [3.8, 4) is 0 Å². The van der Waals surface area contributed by atoms with Crippen molar-refractivity contribution in [2.45, 2.75) is 58.0 Å². The Hall–Kier alpha value is -1.16. The Balaban J connectivity index is 2.12. The molecule has 1 aromatic heterocycles. The van der Waals surface area contributed by atoms with Crippen LogP contribution >= 0.6 is 0 Å². The molecule has 19 heavy (non-hydrogen) atoms. The third kappa shape index (κ3) is 2.89. The van der Waals surface area contributed by atoms with Crippen LogP contribution in [0.5, 0.6) is 0 Å². The van der Waals surface area contributed by atoms with Gasteiger partial charge in [0, 0.05) is 19.3 Å². The molecule has 0 unspecified atom stereocenters. The van der Waals surface area contributed by atoms with Crippen molar-refractivity contribution >= 4 is 5.78 Å². The smallest absolute Gasteiger partial charge is 0.170 e. The number of Topliss-reactive ketones (excluding diaryl/α,β-unsaturated/α-hetero) is 1. The maximum Gasteiger partial charge on any atom is 0.170 e. The van der Waals surface area contributed by atoms with E-state index in [1.165, 1.54) is 0 Å². The molecule has 0 radical (unpaired) electrons. The molecule has 106 valence electrons. The van der Waals surface area contributed by atoms with Crippen molar-refractivity contribution in [2.75, 3.05) is 6.61 Å². The van der Waals surface area contributed by atoms with Gasteiger partial charge in [0.1, 0.15) is 5.60 Å². The lowest BCUT2D eigenvalue weighted by Crippen LogP contribution is -2.40. The second kappa shape index (κ2) is 5.87. The zero-order chi connectivity index (χ0) is 13.9. The molecule has 1 heterocycles. The van der Waals surface area contributed by atoms with Gasteiger partial charge in [0.25, 0.3) is 0 Å². The number of carbonyl (C=O) groups excluding carboxylic acids is 1. The van der Waals surface area contributed by atoms with Gasteiger partial charge in [-0.15, -0.1) is 0 Å². The third-order valence-corrected chi connectivity index (χ3v) is 4.07. The van der Waals surface area contributed by atoms with Crippen molar-refractivity contribution < 1.29 is 9.53 Å². The maximum atomic E-state index is 12.6. The lowest BCUT2D eigenvalue weighted by Gasteiger charge is -2.27. The van der Waals surface area contributed by atoms with Gasteiger partial charge in [-0.2, -0.15) is 5.10 Å². The molecule has 0 aromatic carbocycles. The Morgan fingerprint density at radius 3 is 2.63 bits per heavy atom. The van der Waals surface area contributed by atoms with Crippen LogP contribution in [0.1, 0.15) is 50.9 Å². The minimum absolute atomic E-state index is 0.220. The van der Waals surface area contributed by atoms with Crippen molar-refractivity contribution in [1.29, 1.82) is 0 Å². The molecule has 0 bridgehead atoms. The average Bonchev–Trinajstić information content (AvgIpc) is 2.99. The fourth-order valence-electron chi connectivity index (χ4n) is 2.96. The highest BCUT2D eigenvalue weighted by atomic mass is 16.5. The highest BCUT2D eigenvalue weighted by molar-refractivity contribution is 5.89. The van der Waals surface area contributed by atoms with E-state index in [1.54, 1.807) is 0 Å². The number of ketones is 1. The first-order valence-corrected chi connectivity index (χ1v) is 7.30. The standard InChI is InChI=1S/C15H24N2O2/c1-4-12-10-13(17(3)16-12)11-14(18)15(19-5-2)8-6-7-9-15/h10H,4-9,11H2,1-3H3. The molecule has 0 aliphatic heterocycles. The van der Waals surface area contributed by atoms with Crippen LogP contribution in [0.25, 0.3) is 0 Å². The topological polar surface area (TPSA) is 44.1 Å². The highest BCUT2D eigenvalue weighted by Gasteiger charge is 2.41. The summed E-state index contributed by atoms with van der Waals surface area (Å²) in [5.41, 5.74) is 1.51. The Kier molecular flexibility index (Phi) is 4.40. The van der Waals surface area contributed by atoms with Gasteiger partial charge < -0.3 is 4.74 Å². The van der Waals surface area contributed by atoms with Gasteiger partial charge in [0.15, 0.2) is 5.78 Å². The Morgan fingerprint density at radius 2 is 2.11 bits per heavy atom. The van der Waals surface area contributed by atoms with E-state index in [1.807, 2.05) is 24.7 Å². The molecule has 4 nitrogen and oxygen atoms in total. The summed E-state index contributed by atoms with van der Waals surface area (Å²) >= 11 is 0. The van der Waals surface area contributed by atoms with Crippen LogP contribution in [0.3, 0.4) is 0 Å². The maximum absolute atomic E-state index is 12.6. The molecule has 1 aromatic rings. The van der Waals surface area contributed by atoms with E-state index in [2.05, 4.69) is 12.0 Å². The lowest BCUT2D eigenvalue weighted by molar-refractivity contribution is -0.142. The molecular formula is C15H24N2O2. The molecular weight excluding hydrogens is 240 g/mol. The number of aromatic nitrogens is 2. The minimum Gasteiger partial charge on any atom is -0.367 e. The molecule has 0 amide bonds. The first kappa shape index (κ1) is 14.3. The highest BCUT2D eigenvalue weighted by Crippen LogP contribution is 2.35. The normalized spacial score (nSPS) is 17.8.